The van der Waals surface area contributed by atoms with Gasteiger partial charge in [-0.3, -0.25) is 0 Å². The Bertz CT molecular complexity index is 213. The zero-order valence-corrected chi connectivity index (χ0v) is 8.83. The number of urea groups is 1. The Labute approximate surface area is 85.2 Å². The standard InChI is InChI=1S/C10H19N3O/c1-2-5-12-6-7-13(10(12)14)9-3-4-11-8-9/h9,11H,2-8H2,1H3. The summed E-state index contributed by atoms with van der Waals surface area (Å²) in [5, 5.41) is 3.30. The van der Waals surface area contributed by atoms with E-state index >= 15 is 0 Å². The first kappa shape index (κ1) is 9.77. The van der Waals surface area contributed by atoms with E-state index in [1.807, 2.05) is 9.80 Å². The third-order valence-electron chi connectivity index (χ3n) is 3.10. The van der Waals surface area contributed by atoms with Crippen molar-refractivity contribution in [3.63, 3.8) is 0 Å². The molecule has 2 heterocycles. The summed E-state index contributed by atoms with van der Waals surface area (Å²) in [4.78, 5) is 15.9. The van der Waals surface area contributed by atoms with Crippen LogP contribution in [0, 0.1) is 0 Å². The summed E-state index contributed by atoms with van der Waals surface area (Å²) in [6, 6.07) is 0.699. The van der Waals surface area contributed by atoms with E-state index in [4.69, 9.17) is 0 Å². The molecule has 0 saturated carbocycles. The van der Waals surface area contributed by atoms with Gasteiger partial charge >= 0.3 is 6.03 Å². The monoisotopic (exact) mass is 197 g/mol. The summed E-state index contributed by atoms with van der Waals surface area (Å²) in [5.41, 5.74) is 0. The fourth-order valence-electron chi connectivity index (χ4n) is 2.32. The molecule has 14 heavy (non-hydrogen) atoms. The lowest BCUT2D eigenvalue weighted by molar-refractivity contribution is 0.180. The lowest BCUT2D eigenvalue weighted by Gasteiger charge is -2.23. The number of rotatable bonds is 3. The second kappa shape index (κ2) is 4.17. The number of carbonyl (C=O) groups is 1. The van der Waals surface area contributed by atoms with Crippen molar-refractivity contribution >= 4 is 6.03 Å². The fourth-order valence-corrected chi connectivity index (χ4v) is 2.32. The zero-order valence-electron chi connectivity index (χ0n) is 8.83. The van der Waals surface area contributed by atoms with E-state index in [-0.39, 0.29) is 6.03 Å². The van der Waals surface area contributed by atoms with E-state index in [2.05, 4.69) is 12.2 Å². The zero-order chi connectivity index (χ0) is 9.97. The van der Waals surface area contributed by atoms with Gasteiger partial charge in [0.25, 0.3) is 0 Å². The van der Waals surface area contributed by atoms with Crippen LogP contribution in [-0.4, -0.2) is 54.6 Å². The molecule has 0 spiro atoms. The van der Waals surface area contributed by atoms with E-state index < -0.39 is 0 Å². The van der Waals surface area contributed by atoms with Crippen molar-refractivity contribution in [2.24, 2.45) is 0 Å². The third kappa shape index (κ3) is 1.71. The molecule has 2 amide bonds. The number of nitrogens with one attached hydrogen (secondary N) is 1. The Kier molecular flexibility index (Phi) is 2.91. The number of nitrogens with zero attached hydrogens (tertiary/aromatic N) is 2. The van der Waals surface area contributed by atoms with Crippen LogP contribution in [0.3, 0.4) is 0 Å². The number of hydrogen-bond donors (Lipinski definition) is 1. The van der Waals surface area contributed by atoms with Crippen LogP contribution in [0.2, 0.25) is 0 Å². The molecular formula is C10H19N3O. The number of carbonyl (C=O) groups excluding carboxylic acids is 1. The second-order valence-corrected chi connectivity index (χ2v) is 4.11. The van der Waals surface area contributed by atoms with Crippen molar-refractivity contribution in [1.82, 2.24) is 15.1 Å². The van der Waals surface area contributed by atoms with Gasteiger partial charge in [0.2, 0.25) is 0 Å². The molecule has 2 saturated heterocycles. The predicted molar refractivity (Wildman–Crippen MR) is 55.2 cm³/mol. The molecular weight excluding hydrogens is 178 g/mol. The highest BCUT2D eigenvalue weighted by molar-refractivity contribution is 5.76. The minimum absolute atomic E-state index is 0.251. The minimum atomic E-state index is 0.251. The summed E-state index contributed by atoms with van der Waals surface area (Å²) < 4.78 is 0. The van der Waals surface area contributed by atoms with Gasteiger partial charge in [-0.25, -0.2) is 4.79 Å². The molecule has 4 nitrogen and oxygen atoms in total. The van der Waals surface area contributed by atoms with Crippen LogP contribution < -0.4 is 5.32 Å². The molecule has 0 aromatic heterocycles. The molecule has 1 atom stereocenters. The van der Waals surface area contributed by atoms with Crippen LogP contribution in [0.1, 0.15) is 19.8 Å². The van der Waals surface area contributed by atoms with Crippen molar-refractivity contribution in [3.8, 4) is 0 Å². The Morgan fingerprint density at radius 1 is 1.50 bits per heavy atom. The molecule has 0 radical (unpaired) electrons. The molecule has 80 valence electrons. The molecule has 0 bridgehead atoms. The predicted octanol–water partition coefficient (Wildman–Crippen LogP) is 0.496. The Morgan fingerprint density at radius 3 is 3.00 bits per heavy atom. The van der Waals surface area contributed by atoms with Gasteiger partial charge in [-0.15, -0.1) is 0 Å². The van der Waals surface area contributed by atoms with Crippen molar-refractivity contribution < 1.29 is 4.79 Å². The van der Waals surface area contributed by atoms with Gasteiger partial charge in [0, 0.05) is 32.2 Å². The maximum atomic E-state index is 11.9. The van der Waals surface area contributed by atoms with Crippen LogP contribution in [0.5, 0.6) is 0 Å². The van der Waals surface area contributed by atoms with Crippen molar-refractivity contribution in [1.29, 1.82) is 0 Å². The van der Waals surface area contributed by atoms with Crippen molar-refractivity contribution in [2.75, 3.05) is 32.7 Å². The maximum absolute atomic E-state index is 11.9. The van der Waals surface area contributed by atoms with Gasteiger partial charge in [-0.2, -0.15) is 0 Å². The first-order chi connectivity index (χ1) is 6.83. The van der Waals surface area contributed by atoms with Gasteiger partial charge in [0.15, 0.2) is 0 Å². The van der Waals surface area contributed by atoms with Crippen LogP contribution in [0.25, 0.3) is 0 Å². The molecule has 2 aliphatic heterocycles. The molecule has 1 unspecified atom stereocenters. The molecule has 0 aromatic carbocycles. The summed E-state index contributed by atoms with van der Waals surface area (Å²) in [7, 11) is 0. The van der Waals surface area contributed by atoms with Crippen LogP contribution in [-0.2, 0) is 0 Å². The summed E-state index contributed by atoms with van der Waals surface area (Å²) in [6.45, 7) is 6.91. The highest BCUT2D eigenvalue weighted by atomic mass is 16.2. The normalized spacial score (nSPS) is 27.8. The van der Waals surface area contributed by atoms with Gasteiger partial charge in [0.1, 0.15) is 0 Å². The molecule has 0 aromatic rings. The Hall–Kier alpha value is -0.770. The first-order valence-corrected chi connectivity index (χ1v) is 5.59. The van der Waals surface area contributed by atoms with Gasteiger partial charge < -0.3 is 15.1 Å². The SMILES string of the molecule is CCCN1CCN(C2CCNC2)C1=O. The average molecular weight is 197 g/mol. The highest BCUT2D eigenvalue weighted by Crippen LogP contribution is 2.16. The smallest absolute Gasteiger partial charge is 0.320 e. The number of amides is 2. The lowest BCUT2D eigenvalue weighted by atomic mass is 10.2. The Balaban J connectivity index is 1.92. The molecule has 2 fully saturated rings. The molecule has 2 aliphatic rings. The summed E-state index contributed by atoms with van der Waals surface area (Å²) in [5.74, 6) is 0. The van der Waals surface area contributed by atoms with Crippen LogP contribution in [0.4, 0.5) is 4.79 Å². The first-order valence-electron chi connectivity index (χ1n) is 5.59. The second-order valence-electron chi connectivity index (χ2n) is 4.11. The van der Waals surface area contributed by atoms with E-state index in [0.717, 1.165) is 45.6 Å². The van der Waals surface area contributed by atoms with Crippen molar-refractivity contribution in [3.05, 3.63) is 0 Å². The Morgan fingerprint density at radius 2 is 2.36 bits per heavy atom. The fraction of sp³-hybridized carbons (Fsp3) is 0.900. The van der Waals surface area contributed by atoms with Crippen molar-refractivity contribution in [2.45, 2.75) is 25.8 Å². The molecule has 2 rings (SSSR count). The quantitative estimate of drug-likeness (QED) is 0.715. The average Bonchev–Trinajstić information content (AvgIpc) is 2.77. The molecule has 4 heteroatoms. The summed E-state index contributed by atoms with van der Waals surface area (Å²) >= 11 is 0. The van der Waals surface area contributed by atoms with E-state index in [9.17, 15) is 4.79 Å². The van der Waals surface area contributed by atoms with Crippen LogP contribution in [0.15, 0.2) is 0 Å². The largest absolute Gasteiger partial charge is 0.323 e. The molecule has 0 aliphatic carbocycles. The summed E-state index contributed by atoms with van der Waals surface area (Å²) in [6.07, 6.45) is 2.17. The molecule has 1 N–H and O–H groups in total. The van der Waals surface area contributed by atoms with E-state index in [1.54, 1.807) is 0 Å². The van der Waals surface area contributed by atoms with E-state index in [1.165, 1.54) is 0 Å². The topological polar surface area (TPSA) is 35.6 Å². The number of hydrogen-bond acceptors (Lipinski definition) is 2. The van der Waals surface area contributed by atoms with Gasteiger partial charge in [0.05, 0.1) is 0 Å². The highest BCUT2D eigenvalue weighted by Gasteiger charge is 2.34. The third-order valence-corrected chi connectivity index (χ3v) is 3.10. The van der Waals surface area contributed by atoms with Gasteiger partial charge in [-0.05, 0) is 19.4 Å². The lowest BCUT2D eigenvalue weighted by Crippen LogP contribution is -2.40. The van der Waals surface area contributed by atoms with E-state index in [0.29, 0.717) is 6.04 Å². The minimum Gasteiger partial charge on any atom is -0.323 e. The maximum Gasteiger partial charge on any atom is 0.320 e. The van der Waals surface area contributed by atoms with Crippen LogP contribution >= 0.6 is 0 Å². The van der Waals surface area contributed by atoms with Gasteiger partial charge in [-0.1, -0.05) is 6.92 Å².